The van der Waals surface area contributed by atoms with E-state index in [4.69, 9.17) is 10.5 Å². The minimum atomic E-state index is 0.0483. The minimum Gasteiger partial charge on any atom is -0.380 e. The van der Waals surface area contributed by atoms with Gasteiger partial charge in [0.05, 0.1) is 6.61 Å². The first-order valence-electron chi connectivity index (χ1n) is 5.90. The molecule has 0 bridgehead atoms. The third kappa shape index (κ3) is 4.30. The summed E-state index contributed by atoms with van der Waals surface area (Å²) in [5.74, 6) is 0. The number of ether oxygens (including phenoxy) is 1. The Labute approximate surface area is 112 Å². The average Bonchev–Trinajstić information content (AvgIpc) is 2.28. The van der Waals surface area contributed by atoms with Gasteiger partial charge in [0.2, 0.25) is 0 Å². The van der Waals surface area contributed by atoms with Gasteiger partial charge >= 0.3 is 0 Å². The molecule has 3 nitrogen and oxygen atoms in total. The molecule has 0 aliphatic rings. The van der Waals surface area contributed by atoms with Crippen LogP contribution in [0.2, 0.25) is 0 Å². The highest BCUT2D eigenvalue weighted by Crippen LogP contribution is 2.26. The molecule has 2 N–H and O–H groups in total. The van der Waals surface area contributed by atoms with Crippen LogP contribution in [0.25, 0.3) is 0 Å². The predicted molar refractivity (Wildman–Crippen MR) is 76.5 cm³/mol. The Morgan fingerprint density at radius 1 is 1.47 bits per heavy atom. The first kappa shape index (κ1) is 14.5. The molecule has 1 aromatic rings. The van der Waals surface area contributed by atoms with Crippen LogP contribution in [0.15, 0.2) is 22.7 Å². The van der Waals surface area contributed by atoms with E-state index in [0.29, 0.717) is 0 Å². The Balaban J connectivity index is 2.69. The van der Waals surface area contributed by atoms with Gasteiger partial charge in [0.15, 0.2) is 0 Å². The number of hydrogen-bond donors (Lipinski definition) is 1. The highest BCUT2D eigenvalue weighted by molar-refractivity contribution is 9.10. The Hall–Kier alpha value is -0.580. The molecule has 1 atom stereocenters. The van der Waals surface area contributed by atoms with E-state index in [-0.39, 0.29) is 6.04 Å². The van der Waals surface area contributed by atoms with Crippen LogP contribution in [0.3, 0.4) is 0 Å². The summed E-state index contributed by atoms with van der Waals surface area (Å²) in [4.78, 5) is 2.17. The van der Waals surface area contributed by atoms with Crippen molar-refractivity contribution in [3.05, 3.63) is 28.2 Å². The van der Waals surface area contributed by atoms with E-state index in [1.54, 1.807) is 0 Å². The zero-order chi connectivity index (χ0) is 12.8. The Morgan fingerprint density at radius 3 is 2.71 bits per heavy atom. The van der Waals surface area contributed by atoms with E-state index in [9.17, 15) is 0 Å². The Bertz CT molecular complexity index is 355. The number of nitrogens with two attached hydrogens (primary N) is 1. The third-order valence-electron chi connectivity index (χ3n) is 2.69. The van der Waals surface area contributed by atoms with Crippen LogP contribution in [0.1, 0.15) is 25.5 Å². The predicted octanol–water partition coefficient (Wildman–Crippen LogP) is 2.94. The summed E-state index contributed by atoms with van der Waals surface area (Å²) in [6.07, 6.45) is 0. The van der Waals surface area contributed by atoms with Crippen LogP contribution < -0.4 is 10.6 Å². The number of anilines is 1. The molecule has 0 aliphatic heterocycles. The third-order valence-corrected chi connectivity index (χ3v) is 3.38. The number of nitrogens with zero attached hydrogens (tertiary/aromatic N) is 1. The van der Waals surface area contributed by atoms with Gasteiger partial charge in [-0.25, -0.2) is 0 Å². The number of benzene rings is 1. The molecule has 1 unspecified atom stereocenters. The molecule has 0 aliphatic carbocycles. The van der Waals surface area contributed by atoms with Crippen molar-refractivity contribution in [3.8, 4) is 0 Å². The van der Waals surface area contributed by atoms with Gasteiger partial charge in [-0.15, -0.1) is 0 Å². The number of rotatable bonds is 6. The quantitative estimate of drug-likeness (QED) is 0.821. The molecule has 4 heteroatoms. The molecule has 0 fully saturated rings. The van der Waals surface area contributed by atoms with E-state index in [0.717, 1.165) is 29.8 Å². The van der Waals surface area contributed by atoms with Crippen molar-refractivity contribution in [2.75, 3.05) is 31.7 Å². The zero-order valence-electron chi connectivity index (χ0n) is 10.7. The van der Waals surface area contributed by atoms with E-state index in [1.165, 1.54) is 5.69 Å². The topological polar surface area (TPSA) is 38.5 Å². The van der Waals surface area contributed by atoms with Crippen LogP contribution in [0.4, 0.5) is 5.69 Å². The summed E-state index contributed by atoms with van der Waals surface area (Å²) in [6.45, 7) is 6.39. The molecular weight excluding hydrogens is 280 g/mol. The number of halogens is 1. The van der Waals surface area contributed by atoms with Gasteiger partial charge < -0.3 is 15.4 Å². The number of likely N-dealkylation sites (N-methyl/N-ethyl adjacent to an activating group) is 1. The standard InChI is InChI=1S/C13H21BrN2O/c1-4-17-8-7-16(3)11-5-6-12(10(2)15)13(14)9-11/h5-6,9-10H,4,7-8,15H2,1-3H3. The molecule has 17 heavy (non-hydrogen) atoms. The second-order valence-electron chi connectivity index (χ2n) is 4.11. The maximum Gasteiger partial charge on any atom is 0.0641 e. The van der Waals surface area contributed by atoms with E-state index < -0.39 is 0 Å². The van der Waals surface area contributed by atoms with E-state index in [1.807, 2.05) is 13.8 Å². The van der Waals surface area contributed by atoms with Gasteiger partial charge in [-0.2, -0.15) is 0 Å². The van der Waals surface area contributed by atoms with Crippen molar-refractivity contribution >= 4 is 21.6 Å². The molecule has 96 valence electrons. The Morgan fingerprint density at radius 2 is 2.18 bits per heavy atom. The van der Waals surface area contributed by atoms with Crippen LogP contribution >= 0.6 is 15.9 Å². The van der Waals surface area contributed by atoms with Crippen LogP contribution in [0, 0.1) is 0 Å². The van der Waals surface area contributed by atoms with Gasteiger partial charge in [-0.05, 0) is 31.5 Å². The molecular formula is C13H21BrN2O. The summed E-state index contributed by atoms with van der Waals surface area (Å²) in [6, 6.07) is 6.31. The van der Waals surface area contributed by atoms with Gasteiger partial charge in [0, 0.05) is 36.4 Å². The van der Waals surface area contributed by atoms with Crippen molar-refractivity contribution in [3.63, 3.8) is 0 Å². The second-order valence-corrected chi connectivity index (χ2v) is 4.97. The fraction of sp³-hybridized carbons (Fsp3) is 0.538. The van der Waals surface area contributed by atoms with Gasteiger partial charge in [-0.1, -0.05) is 22.0 Å². The molecule has 0 heterocycles. The summed E-state index contributed by atoms with van der Waals surface area (Å²) < 4.78 is 6.41. The lowest BCUT2D eigenvalue weighted by molar-refractivity contribution is 0.154. The largest absolute Gasteiger partial charge is 0.380 e. The zero-order valence-corrected chi connectivity index (χ0v) is 12.3. The van der Waals surface area contributed by atoms with Gasteiger partial charge in [0.1, 0.15) is 0 Å². The van der Waals surface area contributed by atoms with Crippen molar-refractivity contribution < 1.29 is 4.74 Å². The van der Waals surface area contributed by atoms with Crippen molar-refractivity contribution in [1.82, 2.24) is 0 Å². The first-order chi connectivity index (χ1) is 8.06. The fourth-order valence-corrected chi connectivity index (χ4v) is 2.33. The van der Waals surface area contributed by atoms with Crippen LogP contribution in [-0.4, -0.2) is 26.8 Å². The summed E-state index contributed by atoms with van der Waals surface area (Å²) in [5.41, 5.74) is 8.17. The molecule has 0 saturated heterocycles. The Kier molecular flexibility index (Phi) is 5.95. The molecule has 1 aromatic carbocycles. The molecule has 0 amide bonds. The van der Waals surface area contributed by atoms with Gasteiger partial charge in [-0.3, -0.25) is 0 Å². The summed E-state index contributed by atoms with van der Waals surface area (Å²) in [7, 11) is 2.06. The fourth-order valence-electron chi connectivity index (χ4n) is 1.60. The van der Waals surface area contributed by atoms with Gasteiger partial charge in [0.25, 0.3) is 0 Å². The van der Waals surface area contributed by atoms with E-state index in [2.05, 4.69) is 46.1 Å². The van der Waals surface area contributed by atoms with Crippen LogP contribution in [0.5, 0.6) is 0 Å². The first-order valence-corrected chi connectivity index (χ1v) is 6.69. The second kappa shape index (κ2) is 6.99. The molecule has 0 spiro atoms. The molecule has 0 aromatic heterocycles. The molecule has 0 radical (unpaired) electrons. The lowest BCUT2D eigenvalue weighted by Crippen LogP contribution is -2.22. The van der Waals surface area contributed by atoms with Crippen LogP contribution in [-0.2, 0) is 4.74 Å². The normalized spacial score (nSPS) is 12.5. The highest BCUT2D eigenvalue weighted by atomic mass is 79.9. The maximum absolute atomic E-state index is 5.88. The maximum atomic E-state index is 5.88. The minimum absolute atomic E-state index is 0.0483. The lowest BCUT2D eigenvalue weighted by atomic mass is 10.1. The SMILES string of the molecule is CCOCCN(C)c1ccc(C(C)N)c(Br)c1. The molecule has 1 rings (SSSR count). The monoisotopic (exact) mass is 300 g/mol. The van der Waals surface area contributed by atoms with E-state index >= 15 is 0 Å². The summed E-state index contributed by atoms with van der Waals surface area (Å²) >= 11 is 3.56. The van der Waals surface area contributed by atoms with Crippen molar-refractivity contribution in [2.45, 2.75) is 19.9 Å². The number of hydrogen-bond acceptors (Lipinski definition) is 3. The van der Waals surface area contributed by atoms with Crippen molar-refractivity contribution in [2.24, 2.45) is 5.73 Å². The van der Waals surface area contributed by atoms with Crippen molar-refractivity contribution in [1.29, 1.82) is 0 Å². The molecule has 0 saturated carbocycles. The average molecular weight is 301 g/mol. The smallest absolute Gasteiger partial charge is 0.0641 e. The highest BCUT2D eigenvalue weighted by Gasteiger charge is 2.07. The summed E-state index contributed by atoms with van der Waals surface area (Å²) in [5, 5.41) is 0. The lowest BCUT2D eigenvalue weighted by Gasteiger charge is -2.20.